The van der Waals surface area contributed by atoms with Gasteiger partial charge in [-0.15, -0.1) is 0 Å². The highest BCUT2D eigenvalue weighted by atomic mass is 32.2. The molecule has 3 atom stereocenters. The van der Waals surface area contributed by atoms with Crippen LogP contribution in [0.15, 0.2) is 0 Å². The highest BCUT2D eigenvalue weighted by Gasteiger charge is 2.42. The summed E-state index contributed by atoms with van der Waals surface area (Å²) in [5.74, 6) is 3.24. The Morgan fingerprint density at radius 1 is 1.33 bits per heavy atom. The Kier molecular flexibility index (Phi) is 7.86. The average molecular weight is 316 g/mol. The summed E-state index contributed by atoms with van der Waals surface area (Å²) in [7, 11) is 0. The fraction of sp³-hybridized carbons (Fsp3) is 1.00. The zero-order valence-electron chi connectivity index (χ0n) is 13.9. The molecule has 0 saturated carbocycles. The second-order valence-electron chi connectivity index (χ2n) is 6.55. The molecule has 2 aliphatic rings. The average Bonchev–Trinajstić information content (AvgIpc) is 2.94. The predicted molar refractivity (Wildman–Crippen MR) is 91.2 cm³/mol. The van der Waals surface area contributed by atoms with Gasteiger partial charge in [-0.3, -0.25) is 0 Å². The molecule has 3 nitrogen and oxygen atoms in total. The Morgan fingerprint density at radius 2 is 2.24 bits per heavy atom. The maximum absolute atomic E-state index is 6.17. The van der Waals surface area contributed by atoms with E-state index in [9.17, 15) is 0 Å². The normalized spacial score (nSPS) is 30.9. The monoisotopic (exact) mass is 315 g/mol. The van der Waals surface area contributed by atoms with E-state index >= 15 is 0 Å². The fourth-order valence-corrected chi connectivity index (χ4v) is 4.94. The lowest BCUT2D eigenvalue weighted by Crippen LogP contribution is -2.47. The summed E-state index contributed by atoms with van der Waals surface area (Å²) < 4.78 is 11.9. The molecule has 4 heteroatoms. The maximum atomic E-state index is 6.17. The van der Waals surface area contributed by atoms with Crippen LogP contribution in [0.2, 0.25) is 0 Å². The lowest BCUT2D eigenvalue weighted by Gasteiger charge is -2.41. The van der Waals surface area contributed by atoms with Gasteiger partial charge in [-0.1, -0.05) is 13.8 Å². The smallest absolute Gasteiger partial charge is 0.0783 e. The Balaban J connectivity index is 1.85. The van der Waals surface area contributed by atoms with Crippen molar-refractivity contribution in [3.8, 4) is 0 Å². The molecule has 124 valence electrons. The largest absolute Gasteiger partial charge is 0.381 e. The zero-order chi connectivity index (χ0) is 15.0. The van der Waals surface area contributed by atoms with Crippen LogP contribution >= 0.6 is 11.8 Å². The van der Waals surface area contributed by atoms with Crippen LogP contribution in [0.4, 0.5) is 0 Å². The first-order valence-electron chi connectivity index (χ1n) is 8.82. The fourth-order valence-electron chi connectivity index (χ4n) is 3.56. The topological polar surface area (TPSA) is 30.5 Å². The summed E-state index contributed by atoms with van der Waals surface area (Å²) in [4.78, 5) is 0. The van der Waals surface area contributed by atoms with Crippen LogP contribution in [0.25, 0.3) is 0 Å². The van der Waals surface area contributed by atoms with Crippen molar-refractivity contribution < 1.29 is 9.47 Å². The molecule has 0 amide bonds. The predicted octanol–water partition coefficient (Wildman–Crippen LogP) is 3.47. The number of nitrogens with one attached hydrogen (secondary N) is 1. The third-order valence-electron chi connectivity index (χ3n) is 4.75. The molecule has 21 heavy (non-hydrogen) atoms. The van der Waals surface area contributed by atoms with E-state index in [4.69, 9.17) is 9.47 Å². The summed E-state index contributed by atoms with van der Waals surface area (Å²) >= 11 is 2.07. The van der Waals surface area contributed by atoms with Gasteiger partial charge in [0, 0.05) is 31.6 Å². The van der Waals surface area contributed by atoms with Gasteiger partial charge in [-0.05, 0) is 56.7 Å². The van der Waals surface area contributed by atoms with Crippen molar-refractivity contribution >= 4 is 11.8 Å². The minimum absolute atomic E-state index is 0.198. The quantitative estimate of drug-likeness (QED) is 0.660. The van der Waals surface area contributed by atoms with Gasteiger partial charge in [0.2, 0.25) is 0 Å². The molecular weight excluding hydrogens is 282 g/mol. The van der Waals surface area contributed by atoms with Crippen LogP contribution in [0.1, 0.15) is 52.4 Å². The second-order valence-corrected chi connectivity index (χ2v) is 7.65. The molecular formula is C17H33NO2S. The molecule has 0 bridgehead atoms. The number of hydrogen-bond donors (Lipinski definition) is 1. The van der Waals surface area contributed by atoms with Crippen molar-refractivity contribution in [3.63, 3.8) is 0 Å². The molecule has 2 aliphatic heterocycles. The van der Waals surface area contributed by atoms with Crippen molar-refractivity contribution in [2.24, 2.45) is 5.92 Å². The molecule has 0 radical (unpaired) electrons. The molecule has 2 heterocycles. The van der Waals surface area contributed by atoms with E-state index in [-0.39, 0.29) is 5.60 Å². The highest BCUT2D eigenvalue weighted by molar-refractivity contribution is 7.99. The molecule has 1 spiro atoms. The summed E-state index contributed by atoms with van der Waals surface area (Å²) in [6.45, 7) is 8.29. The molecule has 2 rings (SSSR count). The molecule has 0 aromatic heterocycles. The van der Waals surface area contributed by atoms with Crippen LogP contribution in [0, 0.1) is 5.92 Å². The summed E-state index contributed by atoms with van der Waals surface area (Å²) in [6.07, 6.45) is 7.17. The van der Waals surface area contributed by atoms with Gasteiger partial charge in [-0.2, -0.15) is 11.8 Å². The first-order chi connectivity index (χ1) is 10.3. The Morgan fingerprint density at radius 3 is 2.95 bits per heavy atom. The highest BCUT2D eigenvalue weighted by Crippen LogP contribution is 2.41. The van der Waals surface area contributed by atoms with Crippen molar-refractivity contribution in [1.29, 1.82) is 0 Å². The number of ether oxygens (including phenoxy) is 2. The van der Waals surface area contributed by atoms with Gasteiger partial charge in [-0.25, -0.2) is 0 Å². The van der Waals surface area contributed by atoms with Crippen LogP contribution in [-0.4, -0.2) is 49.5 Å². The Hall–Kier alpha value is 0.230. The number of thioether (sulfide) groups is 1. The Labute approximate surface area is 134 Å². The number of rotatable bonds is 9. The molecule has 3 unspecified atom stereocenters. The van der Waals surface area contributed by atoms with Gasteiger partial charge in [0.15, 0.2) is 0 Å². The van der Waals surface area contributed by atoms with Crippen molar-refractivity contribution in [2.45, 2.75) is 64.0 Å². The number of hydrogen-bond acceptors (Lipinski definition) is 4. The second kappa shape index (κ2) is 9.39. The van der Waals surface area contributed by atoms with Crippen LogP contribution in [-0.2, 0) is 9.47 Å². The van der Waals surface area contributed by atoms with Gasteiger partial charge < -0.3 is 14.8 Å². The summed E-state index contributed by atoms with van der Waals surface area (Å²) in [6, 6.07) is 0.605. The molecule has 1 N–H and O–H groups in total. The van der Waals surface area contributed by atoms with Crippen molar-refractivity contribution in [2.75, 3.05) is 37.9 Å². The van der Waals surface area contributed by atoms with Crippen molar-refractivity contribution in [3.05, 3.63) is 0 Å². The first kappa shape index (κ1) is 17.6. The summed E-state index contributed by atoms with van der Waals surface area (Å²) in [5, 5.41) is 3.78. The maximum Gasteiger partial charge on any atom is 0.0783 e. The van der Waals surface area contributed by atoms with Crippen LogP contribution in [0.5, 0.6) is 0 Å². The molecule has 0 aromatic carbocycles. The van der Waals surface area contributed by atoms with E-state index in [1.165, 1.54) is 37.2 Å². The lowest BCUT2D eigenvalue weighted by atomic mass is 9.80. The SMILES string of the molecule is CCCNC(CCOCCC)C1CCOC2(CCSC2)C1. The third kappa shape index (κ3) is 5.42. The lowest BCUT2D eigenvalue weighted by molar-refractivity contribution is -0.0865. The van der Waals surface area contributed by atoms with Gasteiger partial charge >= 0.3 is 0 Å². The minimum atomic E-state index is 0.198. The molecule has 2 fully saturated rings. The molecule has 0 aliphatic carbocycles. The summed E-state index contributed by atoms with van der Waals surface area (Å²) in [5.41, 5.74) is 0.198. The van der Waals surface area contributed by atoms with E-state index in [1.807, 2.05) is 0 Å². The van der Waals surface area contributed by atoms with E-state index in [1.54, 1.807) is 0 Å². The van der Waals surface area contributed by atoms with Gasteiger partial charge in [0.25, 0.3) is 0 Å². The first-order valence-corrected chi connectivity index (χ1v) is 9.98. The minimum Gasteiger partial charge on any atom is -0.381 e. The molecule has 0 aromatic rings. The van der Waals surface area contributed by atoms with E-state index < -0.39 is 0 Å². The zero-order valence-corrected chi connectivity index (χ0v) is 14.7. The van der Waals surface area contributed by atoms with Crippen LogP contribution in [0.3, 0.4) is 0 Å². The van der Waals surface area contributed by atoms with Gasteiger partial charge in [0.1, 0.15) is 0 Å². The standard InChI is InChI=1S/C17H33NO2S/c1-3-8-18-16(6-10-19-9-4-2)15-5-11-20-17(13-15)7-12-21-14-17/h15-16,18H,3-14H2,1-2H3. The van der Waals surface area contributed by atoms with Crippen molar-refractivity contribution in [1.82, 2.24) is 5.32 Å². The third-order valence-corrected chi connectivity index (χ3v) is 5.97. The van der Waals surface area contributed by atoms with E-state index in [2.05, 4.69) is 30.9 Å². The molecule has 2 saturated heterocycles. The van der Waals surface area contributed by atoms with E-state index in [0.717, 1.165) is 45.1 Å². The van der Waals surface area contributed by atoms with E-state index in [0.29, 0.717) is 6.04 Å². The van der Waals surface area contributed by atoms with Crippen LogP contribution < -0.4 is 5.32 Å². The van der Waals surface area contributed by atoms with Gasteiger partial charge in [0.05, 0.1) is 5.60 Å². The Bertz CT molecular complexity index is 282.